The predicted octanol–water partition coefficient (Wildman–Crippen LogP) is 4.10. The number of halogens is 1. The fraction of sp³-hybridized carbons (Fsp3) is 0.321. The molecule has 0 atom stereocenters. The minimum Gasteiger partial charge on any atom is -0.380 e. The number of aromatic amines is 1. The maximum absolute atomic E-state index is 13.3. The summed E-state index contributed by atoms with van der Waals surface area (Å²) in [5, 5.41) is 3.33. The lowest BCUT2D eigenvalue weighted by atomic mass is 10.0. The van der Waals surface area contributed by atoms with Crippen molar-refractivity contribution in [2.45, 2.75) is 24.5 Å². The first-order chi connectivity index (χ1) is 17.6. The van der Waals surface area contributed by atoms with E-state index in [0.29, 0.717) is 30.8 Å². The minimum absolute atomic E-state index is 0.0446. The maximum Gasteiger partial charge on any atom is 0.256 e. The molecule has 7 nitrogen and oxygen atoms in total. The van der Waals surface area contributed by atoms with Crippen LogP contribution in [0.2, 0.25) is 0 Å². The third-order valence-electron chi connectivity index (χ3n) is 7.23. The van der Waals surface area contributed by atoms with Crippen LogP contribution in [0, 0.1) is 19.7 Å². The number of hydrogen-bond donors (Lipinski definition) is 2. The number of benzene rings is 2. The molecule has 0 bridgehead atoms. The van der Waals surface area contributed by atoms with Gasteiger partial charge < -0.3 is 20.1 Å². The van der Waals surface area contributed by atoms with Crippen LogP contribution in [0.1, 0.15) is 38.4 Å². The molecule has 194 valence electrons. The van der Waals surface area contributed by atoms with Gasteiger partial charge in [-0.2, -0.15) is 0 Å². The van der Waals surface area contributed by atoms with Crippen LogP contribution < -0.4 is 5.32 Å². The highest BCUT2D eigenvalue weighted by Gasteiger charge is 2.26. The zero-order chi connectivity index (χ0) is 26.3. The average molecular weight is 523 g/mol. The number of anilines is 1. The number of amides is 1. The molecule has 1 fully saturated rings. The number of aryl methyl sites for hydroxylation is 1. The van der Waals surface area contributed by atoms with Gasteiger partial charge in [0.15, 0.2) is 9.84 Å². The fourth-order valence-electron chi connectivity index (χ4n) is 5.02. The fourth-order valence-corrected chi connectivity index (χ4v) is 6.39. The van der Waals surface area contributed by atoms with Gasteiger partial charge in [0, 0.05) is 55.4 Å². The maximum atomic E-state index is 13.3. The lowest BCUT2D eigenvalue weighted by molar-refractivity contribution is 0.0663. The Morgan fingerprint density at radius 3 is 2.46 bits per heavy atom. The predicted molar refractivity (Wildman–Crippen MR) is 144 cm³/mol. The molecule has 2 aromatic carbocycles. The molecule has 2 aliphatic rings. The lowest BCUT2D eigenvalue weighted by Crippen LogP contribution is -2.47. The zero-order valence-electron chi connectivity index (χ0n) is 21.3. The van der Waals surface area contributed by atoms with Crippen molar-refractivity contribution >= 4 is 33.1 Å². The van der Waals surface area contributed by atoms with E-state index >= 15 is 0 Å². The number of carbonyl (C=O) groups is 1. The third-order valence-corrected chi connectivity index (χ3v) is 8.92. The largest absolute Gasteiger partial charge is 0.380 e. The molecule has 3 heterocycles. The molecule has 0 spiro atoms. The second kappa shape index (κ2) is 9.79. The molecule has 9 heteroatoms. The molecule has 2 aliphatic heterocycles. The summed E-state index contributed by atoms with van der Waals surface area (Å²) in [6.45, 7) is 7.56. The van der Waals surface area contributed by atoms with E-state index in [-0.39, 0.29) is 16.6 Å². The highest BCUT2D eigenvalue weighted by molar-refractivity contribution is 7.90. The molecular formula is C28H31FN4O3S. The Morgan fingerprint density at radius 1 is 1.05 bits per heavy atom. The van der Waals surface area contributed by atoms with E-state index in [1.165, 1.54) is 24.3 Å². The van der Waals surface area contributed by atoms with Crippen molar-refractivity contribution in [3.8, 4) is 0 Å². The molecule has 2 N–H and O–H groups in total. The molecule has 5 rings (SSSR count). The second-order valence-electron chi connectivity index (χ2n) is 9.88. The topological polar surface area (TPSA) is 85.5 Å². The van der Waals surface area contributed by atoms with Crippen LogP contribution in [0.4, 0.5) is 10.1 Å². The molecular weight excluding hydrogens is 491 g/mol. The van der Waals surface area contributed by atoms with Gasteiger partial charge in [-0.05, 0) is 74.0 Å². The molecule has 3 aromatic rings. The van der Waals surface area contributed by atoms with E-state index < -0.39 is 15.7 Å². The van der Waals surface area contributed by atoms with Crippen LogP contribution >= 0.6 is 0 Å². The Kier molecular flexibility index (Phi) is 6.68. The third kappa shape index (κ3) is 5.06. The van der Waals surface area contributed by atoms with E-state index in [1.807, 2.05) is 24.8 Å². The summed E-state index contributed by atoms with van der Waals surface area (Å²) in [5.41, 5.74) is 6.43. The van der Waals surface area contributed by atoms with E-state index in [9.17, 15) is 17.6 Å². The molecule has 0 radical (unpaired) electrons. The van der Waals surface area contributed by atoms with Gasteiger partial charge in [-0.3, -0.25) is 4.79 Å². The molecule has 1 saturated heterocycles. The van der Waals surface area contributed by atoms with Crippen molar-refractivity contribution < 1.29 is 17.6 Å². The molecule has 0 saturated carbocycles. The van der Waals surface area contributed by atoms with Crippen molar-refractivity contribution in [2.24, 2.45) is 0 Å². The highest BCUT2D eigenvalue weighted by Crippen LogP contribution is 2.35. The number of nitrogens with one attached hydrogen (secondary N) is 2. The van der Waals surface area contributed by atoms with Gasteiger partial charge in [0.2, 0.25) is 0 Å². The lowest BCUT2D eigenvalue weighted by Gasteiger charge is -2.32. The van der Waals surface area contributed by atoms with E-state index in [2.05, 4.69) is 22.2 Å². The number of likely N-dealkylation sites (N-methyl/N-ethyl adjacent to an activating group) is 1. The van der Waals surface area contributed by atoms with Gasteiger partial charge in [-0.1, -0.05) is 12.1 Å². The Bertz CT molecular complexity index is 1480. The smallest absolute Gasteiger partial charge is 0.256 e. The van der Waals surface area contributed by atoms with Crippen molar-refractivity contribution in [3.63, 3.8) is 0 Å². The monoisotopic (exact) mass is 522 g/mol. The number of carbonyl (C=O) groups excluding carboxylic acids is 1. The summed E-state index contributed by atoms with van der Waals surface area (Å²) in [6, 6.07) is 10.6. The van der Waals surface area contributed by atoms with Crippen LogP contribution in [0.15, 0.2) is 47.4 Å². The normalized spacial score (nSPS) is 17.2. The number of hydrogen-bond acceptors (Lipinski definition) is 5. The number of nitrogens with zero attached hydrogens (tertiary/aromatic N) is 2. The standard InChI is InChI=1S/C28H31FN4O3S/c1-18-26(31-19(2)27(18)28(34)33-12-10-32(3)11-13-33)14-21-16-30-25-9-8-23(15-24(21)25)37(35,36)17-20-4-6-22(29)7-5-20/h4-9,14-15,30-31H,10-13,16-17H2,1-3H3/b21-14+. The SMILES string of the molecule is Cc1[nH]c(/C=C2\CNc3ccc(S(=O)(=O)Cc4ccc(F)cc4)cc32)c(C)c1C(=O)N1CCN(C)CC1. The van der Waals surface area contributed by atoms with Crippen LogP contribution in [0.5, 0.6) is 0 Å². The Morgan fingerprint density at radius 2 is 1.76 bits per heavy atom. The number of piperazine rings is 1. The number of sulfone groups is 1. The zero-order valence-corrected chi connectivity index (χ0v) is 22.1. The first kappa shape index (κ1) is 25.2. The molecule has 0 aliphatic carbocycles. The molecule has 1 amide bonds. The average Bonchev–Trinajstić information content (AvgIpc) is 3.39. The molecule has 0 unspecified atom stereocenters. The van der Waals surface area contributed by atoms with Crippen molar-refractivity contribution in [1.29, 1.82) is 0 Å². The second-order valence-corrected chi connectivity index (χ2v) is 11.9. The van der Waals surface area contributed by atoms with Crippen LogP contribution in [-0.4, -0.2) is 68.9 Å². The van der Waals surface area contributed by atoms with Gasteiger partial charge in [0.25, 0.3) is 5.91 Å². The summed E-state index contributed by atoms with van der Waals surface area (Å²) in [6.07, 6.45) is 2.00. The Balaban J connectivity index is 1.43. The van der Waals surface area contributed by atoms with E-state index in [0.717, 1.165) is 46.9 Å². The van der Waals surface area contributed by atoms with Gasteiger partial charge in [0.1, 0.15) is 5.82 Å². The quantitative estimate of drug-likeness (QED) is 0.527. The van der Waals surface area contributed by atoms with Crippen molar-refractivity contribution in [2.75, 3.05) is 45.1 Å². The Hall–Kier alpha value is -3.43. The van der Waals surface area contributed by atoms with Gasteiger partial charge >= 0.3 is 0 Å². The Labute approximate surface area is 216 Å². The van der Waals surface area contributed by atoms with Gasteiger partial charge in [0.05, 0.1) is 16.2 Å². The van der Waals surface area contributed by atoms with Gasteiger partial charge in [-0.15, -0.1) is 0 Å². The minimum atomic E-state index is -3.62. The van der Waals surface area contributed by atoms with Crippen molar-refractivity contribution in [3.05, 3.63) is 81.9 Å². The summed E-state index contributed by atoms with van der Waals surface area (Å²) in [5.74, 6) is -0.559. The number of H-pyrrole nitrogens is 1. The summed E-state index contributed by atoms with van der Waals surface area (Å²) in [4.78, 5) is 21.0. The summed E-state index contributed by atoms with van der Waals surface area (Å²) >= 11 is 0. The van der Waals surface area contributed by atoms with Crippen LogP contribution in [-0.2, 0) is 15.6 Å². The van der Waals surface area contributed by atoms with Crippen LogP contribution in [0.25, 0.3) is 11.6 Å². The molecule has 37 heavy (non-hydrogen) atoms. The van der Waals surface area contributed by atoms with Gasteiger partial charge in [-0.25, -0.2) is 12.8 Å². The van der Waals surface area contributed by atoms with Crippen molar-refractivity contribution in [1.82, 2.24) is 14.8 Å². The van der Waals surface area contributed by atoms with Crippen LogP contribution in [0.3, 0.4) is 0 Å². The summed E-state index contributed by atoms with van der Waals surface area (Å²) in [7, 11) is -1.56. The summed E-state index contributed by atoms with van der Waals surface area (Å²) < 4.78 is 39.5. The number of aromatic nitrogens is 1. The first-order valence-electron chi connectivity index (χ1n) is 12.4. The first-order valence-corrected chi connectivity index (χ1v) is 14.0. The highest BCUT2D eigenvalue weighted by atomic mass is 32.2. The van der Waals surface area contributed by atoms with E-state index in [4.69, 9.17) is 0 Å². The number of rotatable bonds is 5. The molecule has 1 aromatic heterocycles. The van der Waals surface area contributed by atoms with E-state index in [1.54, 1.807) is 18.2 Å². The number of fused-ring (bicyclic) bond motifs is 1.